The molecule has 0 unspecified atom stereocenters. The summed E-state index contributed by atoms with van der Waals surface area (Å²) in [5.41, 5.74) is 8.38. The van der Waals surface area contributed by atoms with E-state index in [-0.39, 0.29) is 0 Å². The number of hydrogen-bond acceptors (Lipinski definition) is 2. The third-order valence-corrected chi connectivity index (χ3v) is 2.29. The molecule has 0 saturated heterocycles. The molecule has 1 aromatic carbocycles. The van der Waals surface area contributed by atoms with Crippen molar-refractivity contribution in [1.82, 2.24) is 0 Å². The Kier molecular flexibility index (Phi) is 4.13. The monoisotopic (exact) mass is 203 g/mol. The fourth-order valence-corrected chi connectivity index (χ4v) is 1.57. The Bertz CT molecular complexity index is 338. The van der Waals surface area contributed by atoms with Gasteiger partial charge >= 0.3 is 0 Å². The number of phenols is 1. The Balaban J connectivity index is 3.19. The molecule has 0 aliphatic carbocycles. The summed E-state index contributed by atoms with van der Waals surface area (Å²) in [6, 6.07) is 3.84. The van der Waals surface area contributed by atoms with Crippen LogP contribution in [0.5, 0.6) is 5.75 Å². The minimum atomic E-state index is 0.340. The van der Waals surface area contributed by atoms with Crippen LogP contribution in [0.1, 0.15) is 16.7 Å². The average molecular weight is 203 g/mol. The molecule has 0 spiro atoms. The summed E-state index contributed by atoms with van der Waals surface area (Å²) in [6.07, 6.45) is 4.85. The second kappa shape index (κ2) is 5.37. The quantitative estimate of drug-likeness (QED) is 0.721. The van der Waals surface area contributed by atoms with Crippen LogP contribution in [0.15, 0.2) is 37.4 Å². The van der Waals surface area contributed by atoms with Gasteiger partial charge in [0.15, 0.2) is 0 Å². The summed E-state index contributed by atoms with van der Waals surface area (Å²) in [7, 11) is 0. The highest BCUT2D eigenvalue weighted by Gasteiger charge is 2.07. The number of rotatable bonds is 5. The lowest BCUT2D eigenvalue weighted by molar-refractivity contribution is 0.464. The van der Waals surface area contributed by atoms with Crippen molar-refractivity contribution in [2.45, 2.75) is 19.4 Å². The van der Waals surface area contributed by atoms with Crippen LogP contribution < -0.4 is 5.73 Å². The first kappa shape index (κ1) is 11.5. The van der Waals surface area contributed by atoms with Crippen molar-refractivity contribution < 1.29 is 5.11 Å². The number of benzene rings is 1. The van der Waals surface area contributed by atoms with E-state index in [0.717, 1.165) is 16.7 Å². The Hall–Kier alpha value is -1.54. The summed E-state index contributed by atoms with van der Waals surface area (Å²) in [6.45, 7) is 7.81. The molecular formula is C13H17NO. The van der Waals surface area contributed by atoms with Crippen LogP contribution in [0, 0.1) is 0 Å². The van der Waals surface area contributed by atoms with Gasteiger partial charge in [-0.2, -0.15) is 0 Å². The summed E-state index contributed by atoms with van der Waals surface area (Å²) < 4.78 is 0. The van der Waals surface area contributed by atoms with Crippen LogP contribution >= 0.6 is 0 Å². The number of aromatic hydroxyl groups is 1. The van der Waals surface area contributed by atoms with Gasteiger partial charge < -0.3 is 10.8 Å². The van der Waals surface area contributed by atoms with Gasteiger partial charge in [0, 0.05) is 6.54 Å². The van der Waals surface area contributed by atoms with E-state index in [1.54, 1.807) is 12.2 Å². The predicted octanol–water partition coefficient (Wildman–Crippen LogP) is 2.31. The highest BCUT2D eigenvalue weighted by atomic mass is 16.3. The molecule has 2 nitrogen and oxygen atoms in total. The van der Waals surface area contributed by atoms with Crippen molar-refractivity contribution in [3.8, 4) is 5.75 Å². The van der Waals surface area contributed by atoms with Gasteiger partial charge in [0.2, 0.25) is 0 Å². The largest absolute Gasteiger partial charge is 0.507 e. The van der Waals surface area contributed by atoms with Gasteiger partial charge in [-0.25, -0.2) is 0 Å². The van der Waals surface area contributed by atoms with Crippen molar-refractivity contribution in [3.05, 3.63) is 54.1 Å². The molecule has 0 heterocycles. The van der Waals surface area contributed by atoms with Crippen LogP contribution in [-0.4, -0.2) is 5.11 Å². The fraction of sp³-hybridized carbons (Fsp3) is 0.231. The van der Waals surface area contributed by atoms with Crippen LogP contribution in [-0.2, 0) is 19.4 Å². The smallest absolute Gasteiger partial charge is 0.122 e. The van der Waals surface area contributed by atoms with E-state index in [1.807, 2.05) is 12.1 Å². The van der Waals surface area contributed by atoms with E-state index in [9.17, 15) is 5.11 Å². The molecule has 3 N–H and O–H groups in total. The molecule has 1 rings (SSSR count). The normalized spacial score (nSPS) is 9.93. The van der Waals surface area contributed by atoms with E-state index >= 15 is 0 Å². The summed E-state index contributed by atoms with van der Waals surface area (Å²) in [5, 5.41) is 9.93. The standard InChI is InChI=1S/C13H17NO/c1-3-5-11-7-10(9-14)8-12(6-4-2)13(11)15/h3-4,7-8,15H,1-2,5-6,9,14H2. The summed E-state index contributed by atoms with van der Waals surface area (Å²) in [4.78, 5) is 0. The highest BCUT2D eigenvalue weighted by Crippen LogP contribution is 2.26. The van der Waals surface area contributed by atoms with E-state index in [0.29, 0.717) is 25.1 Å². The maximum atomic E-state index is 9.93. The minimum Gasteiger partial charge on any atom is -0.507 e. The first-order valence-electron chi connectivity index (χ1n) is 4.98. The molecule has 0 fully saturated rings. The van der Waals surface area contributed by atoms with Crippen LogP contribution in [0.25, 0.3) is 0 Å². The van der Waals surface area contributed by atoms with E-state index < -0.39 is 0 Å². The van der Waals surface area contributed by atoms with Crippen molar-refractivity contribution >= 4 is 0 Å². The van der Waals surface area contributed by atoms with Crippen molar-refractivity contribution in [2.75, 3.05) is 0 Å². The first-order chi connectivity index (χ1) is 7.22. The third-order valence-electron chi connectivity index (χ3n) is 2.29. The first-order valence-corrected chi connectivity index (χ1v) is 4.98. The predicted molar refractivity (Wildman–Crippen MR) is 63.8 cm³/mol. The van der Waals surface area contributed by atoms with E-state index in [1.165, 1.54) is 0 Å². The summed E-state index contributed by atoms with van der Waals surface area (Å²) >= 11 is 0. The third kappa shape index (κ3) is 2.70. The van der Waals surface area contributed by atoms with Crippen LogP contribution in [0.3, 0.4) is 0 Å². The van der Waals surface area contributed by atoms with Gasteiger partial charge in [0.1, 0.15) is 5.75 Å². The second-order valence-corrected chi connectivity index (χ2v) is 3.45. The molecule has 80 valence electrons. The van der Waals surface area contributed by atoms with E-state index in [4.69, 9.17) is 5.73 Å². The Labute approximate surface area is 90.7 Å². The molecule has 0 bridgehead atoms. The summed E-state index contributed by atoms with van der Waals surface area (Å²) in [5.74, 6) is 0.340. The number of hydrogen-bond donors (Lipinski definition) is 2. The molecule has 0 radical (unpaired) electrons. The average Bonchev–Trinajstić information content (AvgIpc) is 2.24. The minimum absolute atomic E-state index is 0.340. The Morgan fingerprint density at radius 1 is 1.13 bits per heavy atom. The second-order valence-electron chi connectivity index (χ2n) is 3.45. The van der Waals surface area contributed by atoms with Crippen LogP contribution in [0.2, 0.25) is 0 Å². The van der Waals surface area contributed by atoms with Gasteiger partial charge in [0.25, 0.3) is 0 Å². The van der Waals surface area contributed by atoms with Gasteiger partial charge in [-0.15, -0.1) is 13.2 Å². The molecule has 0 atom stereocenters. The molecule has 1 aromatic rings. The Morgan fingerprint density at radius 3 is 1.93 bits per heavy atom. The van der Waals surface area contributed by atoms with E-state index in [2.05, 4.69) is 13.2 Å². The van der Waals surface area contributed by atoms with Crippen molar-refractivity contribution in [2.24, 2.45) is 5.73 Å². The molecule has 2 heteroatoms. The topological polar surface area (TPSA) is 46.2 Å². The lowest BCUT2D eigenvalue weighted by Crippen LogP contribution is -2.00. The lowest BCUT2D eigenvalue weighted by Gasteiger charge is -2.10. The molecule has 0 amide bonds. The van der Waals surface area contributed by atoms with Gasteiger partial charge in [-0.05, 0) is 29.5 Å². The maximum absolute atomic E-state index is 9.93. The molecule has 15 heavy (non-hydrogen) atoms. The van der Waals surface area contributed by atoms with Crippen LogP contribution in [0.4, 0.5) is 0 Å². The number of nitrogens with two attached hydrogens (primary N) is 1. The molecule has 0 saturated carbocycles. The van der Waals surface area contributed by atoms with Gasteiger partial charge in [-0.1, -0.05) is 24.3 Å². The van der Waals surface area contributed by atoms with Gasteiger partial charge in [0.05, 0.1) is 0 Å². The zero-order valence-corrected chi connectivity index (χ0v) is 8.87. The zero-order valence-electron chi connectivity index (χ0n) is 8.87. The molecule has 0 aliphatic heterocycles. The molecule has 0 aliphatic rings. The molecule has 0 aromatic heterocycles. The van der Waals surface area contributed by atoms with Crippen molar-refractivity contribution in [1.29, 1.82) is 0 Å². The number of phenolic OH excluding ortho intramolecular Hbond substituents is 1. The Morgan fingerprint density at radius 2 is 1.60 bits per heavy atom. The maximum Gasteiger partial charge on any atom is 0.122 e. The zero-order chi connectivity index (χ0) is 11.3. The van der Waals surface area contributed by atoms with Crippen molar-refractivity contribution in [3.63, 3.8) is 0 Å². The fourth-order valence-electron chi connectivity index (χ4n) is 1.57. The highest BCUT2D eigenvalue weighted by molar-refractivity contribution is 5.45. The van der Waals surface area contributed by atoms with Gasteiger partial charge in [-0.3, -0.25) is 0 Å². The SMILES string of the molecule is C=CCc1cc(CN)cc(CC=C)c1O. The number of allylic oxidation sites excluding steroid dienone is 2. The lowest BCUT2D eigenvalue weighted by atomic mass is 10.00. The molecular weight excluding hydrogens is 186 g/mol.